The monoisotopic (exact) mass is 551 g/mol. The van der Waals surface area contributed by atoms with Gasteiger partial charge in [0.15, 0.2) is 0 Å². The minimum Gasteiger partial charge on any atom is -0.497 e. The van der Waals surface area contributed by atoms with Crippen molar-refractivity contribution in [3.63, 3.8) is 0 Å². The van der Waals surface area contributed by atoms with E-state index < -0.39 is 0 Å². The number of aromatic nitrogens is 3. The van der Waals surface area contributed by atoms with Gasteiger partial charge < -0.3 is 24.5 Å². The summed E-state index contributed by atoms with van der Waals surface area (Å²) >= 11 is 3.49. The van der Waals surface area contributed by atoms with Crippen molar-refractivity contribution in [2.24, 2.45) is 5.10 Å². The molecule has 4 aromatic rings. The Morgan fingerprint density at radius 3 is 2.53 bits per heavy atom. The Kier molecular flexibility index (Phi) is 8.35. The Morgan fingerprint density at radius 2 is 1.81 bits per heavy atom. The molecular formula is C25H26BrN7O3. The van der Waals surface area contributed by atoms with Crippen molar-refractivity contribution >= 4 is 45.7 Å². The molecule has 0 saturated heterocycles. The molecule has 0 saturated carbocycles. The molecule has 186 valence electrons. The van der Waals surface area contributed by atoms with Gasteiger partial charge in [-0.3, -0.25) is 0 Å². The number of hydrazone groups is 1. The molecule has 2 aromatic carbocycles. The average molecular weight is 552 g/mol. The van der Waals surface area contributed by atoms with Crippen molar-refractivity contribution < 1.29 is 13.9 Å². The Bertz CT molecular complexity index is 1300. The number of nitrogens with one attached hydrogen (secondary N) is 3. The molecule has 0 aliphatic rings. The molecule has 10 nitrogen and oxygen atoms in total. The van der Waals surface area contributed by atoms with Crippen LogP contribution in [0, 0.1) is 0 Å². The zero-order valence-electron chi connectivity index (χ0n) is 20.0. The first-order valence-electron chi connectivity index (χ1n) is 11.2. The molecule has 3 N–H and O–H groups in total. The largest absolute Gasteiger partial charge is 0.497 e. The molecule has 0 aliphatic carbocycles. The highest BCUT2D eigenvalue weighted by molar-refractivity contribution is 9.10. The maximum Gasteiger partial charge on any atom is 0.250 e. The predicted molar refractivity (Wildman–Crippen MR) is 143 cm³/mol. The number of benzene rings is 2. The van der Waals surface area contributed by atoms with Crippen molar-refractivity contribution in [1.82, 2.24) is 15.0 Å². The van der Waals surface area contributed by atoms with Crippen LogP contribution in [-0.4, -0.2) is 34.4 Å². The summed E-state index contributed by atoms with van der Waals surface area (Å²) in [6, 6.07) is 16.8. The number of halogens is 1. The lowest BCUT2D eigenvalue weighted by atomic mass is 10.2. The number of hydrogen-bond acceptors (Lipinski definition) is 10. The second kappa shape index (κ2) is 12.0. The fraction of sp³-hybridized carbons (Fsp3) is 0.200. The molecule has 0 unspecified atom stereocenters. The second-order valence-electron chi connectivity index (χ2n) is 7.81. The summed E-state index contributed by atoms with van der Waals surface area (Å²) in [5, 5.41) is 10.6. The molecule has 11 heteroatoms. The molecule has 0 amide bonds. The van der Waals surface area contributed by atoms with E-state index in [1.807, 2.05) is 68.4 Å². The number of furan rings is 1. The highest BCUT2D eigenvalue weighted by atomic mass is 79.9. The number of ether oxygens (including phenoxy) is 2. The highest BCUT2D eigenvalue weighted by Crippen LogP contribution is 2.23. The van der Waals surface area contributed by atoms with Gasteiger partial charge in [-0.05, 0) is 68.4 Å². The van der Waals surface area contributed by atoms with Crippen LogP contribution in [0.1, 0.15) is 25.2 Å². The summed E-state index contributed by atoms with van der Waals surface area (Å²) in [4.78, 5) is 13.3. The second-order valence-corrected chi connectivity index (χ2v) is 8.73. The van der Waals surface area contributed by atoms with Crippen LogP contribution < -0.4 is 25.5 Å². The molecule has 2 aromatic heterocycles. The maximum atomic E-state index is 5.87. The van der Waals surface area contributed by atoms with Gasteiger partial charge in [0.25, 0.3) is 0 Å². The summed E-state index contributed by atoms with van der Waals surface area (Å²) in [5.41, 5.74) is 4.47. The Labute approximate surface area is 217 Å². The van der Waals surface area contributed by atoms with Gasteiger partial charge in [-0.25, -0.2) is 5.43 Å². The van der Waals surface area contributed by atoms with Crippen molar-refractivity contribution in [2.75, 3.05) is 23.2 Å². The lowest BCUT2D eigenvalue weighted by molar-refractivity contribution is 0.242. The molecule has 0 fully saturated rings. The summed E-state index contributed by atoms with van der Waals surface area (Å²) in [6.07, 6.45) is 3.30. The van der Waals surface area contributed by atoms with E-state index in [4.69, 9.17) is 13.9 Å². The van der Waals surface area contributed by atoms with Crippen LogP contribution in [0.25, 0.3) is 0 Å². The molecule has 0 atom stereocenters. The molecule has 0 spiro atoms. The van der Waals surface area contributed by atoms with Crippen LogP contribution >= 0.6 is 15.9 Å². The van der Waals surface area contributed by atoms with E-state index in [1.54, 1.807) is 19.6 Å². The van der Waals surface area contributed by atoms with Gasteiger partial charge in [0, 0.05) is 15.7 Å². The third-order valence-electron chi connectivity index (χ3n) is 4.69. The molecule has 0 aliphatic heterocycles. The quantitative estimate of drug-likeness (QED) is 0.156. The number of rotatable bonds is 11. The van der Waals surface area contributed by atoms with Crippen molar-refractivity contribution in [3.8, 4) is 11.5 Å². The minimum atomic E-state index is 0.0317. The summed E-state index contributed by atoms with van der Waals surface area (Å²) in [6.45, 7) is 4.36. The van der Waals surface area contributed by atoms with Crippen LogP contribution in [0.4, 0.5) is 23.5 Å². The predicted octanol–water partition coefficient (Wildman–Crippen LogP) is 5.82. The molecule has 36 heavy (non-hydrogen) atoms. The van der Waals surface area contributed by atoms with Gasteiger partial charge in [-0.1, -0.05) is 15.9 Å². The smallest absolute Gasteiger partial charge is 0.250 e. The topological polar surface area (TPSA) is 119 Å². The summed E-state index contributed by atoms with van der Waals surface area (Å²) < 4.78 is 17.4. The van der Waals surface area contributed by atoms with Gasteiger partial charge >= 0.3 is 0 Å². The zero-order valence-corrected chi connectivity index (χ0v) is 21.6. The fourth-order valence-corrected chi connectivity index (χ4v) is 3.46. The summed E-state index contributed by atoms with van der Waals surface area (Å²) in [7, 11) is 1.62. The van der Waals surface area contributed by atoms with Gasteiger partial charge in [-0.15, -0.1) is 0 Å². The zero-order chi connectivity index (χ0) is 25.3. The van der Waals surface area contributed by atoms with Crippen molar-refractivity contribution in [3.05, 3.63) is 76.7 Å². The van der Waals surface area contributed by atoms with Crippen LogP contribution in [-0.2, 0) is 6.54 Å². The van der Waals surface area contributed by atoms with Gasteiger partial charge in [0.1, 0.15) is 17.3 Å². The van der Waals surface area contributed by atoms with Gasteiger partial charge in [0.05, 0.1) is 32.2 Å². The molecule has 0 bridgehead atoms. The molecular weight excluding hydrogens is 526 g/mol. The maximum absolute atomic E-state index is 5.87. The van der Waals surface area contributed by atoms with Crippen molar-refractivity contribution in [1.29, 1.82) is 0 Å². The highest BCUT2D eigenvalue weighted by Gasteiger charge is 2.09. The Morgan fingerprint density at radius 1 is 1.03 bits per heavy atom. The molecule has 0 radical (unpaired) electrons. The van der Waals surface area contributed by atoms with Crippen LogP contribution in [0.5, 0.6) is 11.5 Å². The minimum absolute atomic E-state index is 0.0317. The SMILES string of the molecule is COc1ccc(Nc2nc(NCc3ccco3)nc(N/N=C/c3cc(Br)ccc3OC(C)C)n2)cc1. The average Bonchev–Trinajstić information content (AvgIpc) is 3.38. The van der Waals surface area contributed by atoms with E-state index >= 15 is 0 Å². The van der Waals surface area contributed by atoms with Crippen LogP contribution in [0.3, 0.4) is 0 Å². The normalized spacial score (nSPS) is 11.0. The first kappa shape index (κ1) is 25.0. The van der Waals surface area contributed by atoms with Gasteiger partial charge in [-0.2, -0.15) is 20.1 Å². The van der Waals surface area contributed by atoms with Crippen LogP contribution in [0.2, 0.25) is 0 Å². The standard InChI is InChI=1S/C25H26BrN7O3/c1-16(2)36-22-11-6-18(26)13-17(22)14-28-33-25-31-23(27-15-21-5-4-12-35-21)30-24(32-25)29-19-7-9-20(34-3)10-8-19/h4-14,16H,15H2,1-3H3,(H3,27,29,30,31,32,33)/b28-14+. The Hall–Kier alpha value is -4.12. The first-order chi connectivity index (χ1) is 17.5. The number of methoxy groups -OCH3 is 1. The van der Waals surface area contributed by atoms with Crippen LogP contribution in [0.15, 0.2) is 74.9 Å². The molecule has 2 heterocycles. The summed E-state index contributed by atoms with van der Waals surface area (Å²) in [5.74, 6) is 3.15. The fourth-order valence-electron chi connectivity index (χ4n) is 3.08. The van der Waals surface area contributed by atoms with E-state index in [1.165, 1.54) is 0 Å². The van der Waals surface area contributed by atoms with E-state index in [0.717, 1.165) is 33.0 Å². The van der Waals surface area contributed by atoms with E-state index in [0.29, 0.717) is 18.4 Å². The lowest BCUT2D eigenvalue weighted by Gasteiger charge is -2.12. The number of anilines is 4. The number of hydrogen-bond donors (Lipinski definition) is 3. The van der Waals surface area contributed by atoms with E-state index in [2.05, 4.69) is 52.0 Å². The number of nitrogens with zero attached hydrogens (tertiary/aromatic N) is 4. The lowest BCUT2D eigenvalue weighted by Crippen LogP contribution is -2.10. The Balaban J connectivity index is 1.54. The van der Waals surface area contributed by atoms with Crippen molar-refractivity contribution in [2.45, 2.75) is 26.5 Å². The van der Waals surface area contributed by atoms with E-state index in [-0.39, 0.29) is 12.1 Å². The third-order valence-corrected chi connectivity index (χ3v) is 5.18. The molecule has 4 rings (SSSR count). The van der Waals surface area contributed by atoms with Gasteiger partial charge in [0.2, 0.25) is 17.8 Å². The first-order valence-corrected chi connectivity index (χ1v) is 12.0. The third kappa shape index (κ3) is 7.19. The van der Waals surface area contributed by atoms with E-state index in [9.17, 15) is 0 Å².